The van der Waals surface area contributed by atoms with Gasteiger partial charge in [-0.15, -0.1) is 0 Å². The normalized spacial score (nSPS) is 11.7. The van der Waals surface area contributed by atoms with Crippen LogP contribution < -0.4 is 4.90 Å². The van der Waals surface area contributed by atoms with Crippen LogP contribution in [-0.4, -0.2) is 43.7 Å². The second-order valence-corrected chi connectivity index (χ2v) is 9.31. The number of halogens is 2. The number of hydrogen-bond donors (Lipinski definition) is 1. The van der Waals surface area contributed by atoms with E-state index < -0.39 is 5.91 Å². The first kappa shape index (κ1) is 23.2. The van der Waals surface area contributed by atoms with Crippen molar-refractivity contribution in [1.29, 1.82) is 0 Å². The summed E-state index contributed by atoms with van der Waals surface area (Å²) in [6.45, 7) is 6.21. The second kappa shape index (κ2) is 9.09. The average Bonchev–Trinajstić information content (AvgIpc) is 3.20. The Morgan fingerprint density at radius 3 is 2.39 bits per heavy atom. The van der Waals surface area contributed by atoms with E-state index in [4.69, 9.17) is 23.2 Å². The van der Waals surface area contributed by atoms with Crippen LogP contribution in [0.15, 0.2) is 55.1 Å². The molecule has 0 atom stereocenters. The number of nitrogens with zero attached hydrogens (tertiary/aromatic N) is 5. The number of hydrogen-bond acceptors (Lipinski definition) is 5. The highest BCUT2D eigenvalue weighted by Gasteiger charge is 2.24. The van der Waals surface area contributed by atoms with E-state index in [1.807, 2.05) is 53.4 Å². The molecular weight excluding hydrogens is 461 g/mol. The van der Waals surface area contributed by atoms with Crippen LogP contribution in [0.5, 0.6) is 0 Å². The summed E-state index contributed by atoms with van der Waals surface area (Å²) in [5, 5.41) is 10.4. The lowest BCUT2D eigenvalue weighted by Gasteiger charge is -2.23. The van der Waals surface area contributed by atoms with E-state index >= 15 is 0 Å². The van der Waals surface area contributed by atoms with Crippen LogP contribution in [0.2, 0.25) is 10.3 Å². The monoisotopic (exact) mass is 483 g/mol. The van der Waals surface area contributed by atoms with Gasteiger partial charge in [0.1, 0.15) is 22.2 Å². The summed E-state index contributed by atoms with van der Waals surface area (Å²) < 4.78 is 2.04. The molecule has 0 aliphatic carbocycles. The van der Waals surface area contributed by atoms with Gasteiger partial charge in [-0.05, 0) is 36.4 Å². The van der Waals surface area contributed by atoms with Crippen molar-refractivity contribution in [2.75, 3.05) is 18.1 Å². The SMILES string of the molecule is CC(C)(C)c1ccc(-n2ccc3cc(N(CCO)C(=O)c4c(Cl)ncnc4Cl)ccc32)cn1. The van der Waals surface area contributed by atoms with Gasteiger partial charge >= 0.3 is 0 Å². The first-order chi connectivity index (χ1) is 15.7. The number of amides is 1. The Labute approximate surface area is 201 Å². The number of rotatable bonds is 5. The molecule has 4 aromatic rings. The molecule has 3 heterocycles. The lowest BCUT2D eigenvalue weighted by atomic mass is 9.92. The largest absolute Gasteiger partial charge is 0.395 e. The first-order valence-electron chi connectivity index (χ1n) is 10.4. The summed E-state index contributed by atoms with van der Waals surface area (Å²) in [5.74, 6) is -0.486. The van der Waals surface area contributed by atoms with Crippen molar-refractivity contribution in [2.45, 2.75) is 26.2 Å². The van der Waals surface area contributed by atoms with Gasteiger partial charge in [0.15, 0.2) is 0 Å². The van der Waals surface area contributed by atoms with E-state index in [1.165, 1.54) is 11.2 Å². The molecule has 0 unspecified atom stereocenters. The van der Waals surface area contributed by atoms with E-state index in [0.717, 1.165) is 22.3 Å². The summed E-state index contributed by atoms with van der Waals surface area (Å²) >= 11 is 12.2. The van der Waals surface area contributed by atoms with Crippen molar-refractivity contribution < 1.29 is 9.90 Å². The summed E-state index contributed by atoms with van der Waals surface area (Å²) in [5.41, 5.74) is 3.48. The molecule has 0 spiro atoms. The summed E-state index contributed by atoms with van der Waals surface area (Å²) in [6.07, 6.45) is 5.00. The van der Waals surface area contributed by atoms with E-state index in [9.17, 15) is 9.90 Å². The minimum Gasteiger partial charge on any atom is -0.395 e. The molecule has 1 aromatic carbocycles. The van der Waals surface area contributed by atoms with Gasteiger partial charge in [-0.25, -0.2) is 9.97 Å². The van der Waals surface area contributed by atoms with E-state index in [1.54, 1.807) is 0 Å². The molecule has 1 N–H and O–H groups in total. The third-order valence-electron chi connectivity index (χ3n) is 5.32. The van der Waals surface area contributed by atoms with Crippen LogP contribution >= 0.6 is 23.2 Å². The Kier molecular flexibility index (Phi) is 6.38. The van der Waals surface area contributed by atoms with Crippen LogP contribution in [0.3, 0.4) is 0 Å². The Hall–Kier alpha value is -3.00. The molecule has 0 bridgehead atoms. The topological polar surface area (TPSA) is 84.1 Å². The Balaban J connectivity index is 1.71. The Morgan fingerprint density at radius 2 is 1.79 bits per heavy atom. The predicted molar refractivity (Wildman–Crippen MR) is 131 cm³/mol. The first-order valence-corrected chi connectivity index (χ1v) is 11.1. The fourth-order valence-electron chi connectivity index (χ4n) is 3.60. The minimum atomic E-state index is -0.486. The van der Waals surface area contributed by atoms with Gasteiger partial charge in [-0.2, -0.15) is 0 Å². The lowest BCUT2D eigenvalue weighted by Crippen LogP contribution is -2.34. The van der Waals surface area contributed by atoms with Gasteiger partial charge in [0.25, 0.3) is 5.91 Å². The number of fused-ring (bicyclic) bond motifs is 1. The fraction of sp³-hybridized carbons (Fsp3) is 0.250. The summed E-state index contributed by atoms with van der Waals surface area (Å²) in [4.78, 5) is 26.9. The van der Waals surface area contributed by atoms with Gasteiger partial charge in [0.2, 0.25) is 0 Å². The van der Waals surface area contributed by atoms with Crippen molar-refractivity contribution in [3.05, 3.63) is 76.7 Å². The number of pyridine rings is 1. The standard InChI is InChI=1S/C24H23Cl2N5O2/c1-24(2,3)19-7-5-17(13-27-19)30-9-8-15-12-16(4-6-18(15)30)31(10-11-32)23(33)20-21(25)28-14-29-22(20)26/h4-9,12-14,32H,10-11H2,1-3H3. The van der Waals surface area contributed by atoms with Gasteiger partial charge in [0.05, 0.1) is 24.0 Å². The fourth-order valence-corrected chi connectivity index (χ4v) is 4.08. The highest BCUT2D eigenvalue weighted by Crippen LogP contribution is 2.29. The third kappa shape index (κ3) is 4.57. The van der Waals surface area contributed by atoms with Crippen molar-refractivity contribution in [2.24, 2.45) is 0 Å². The van der Waals surface area contributed by atoms with Crippen LogP contribution in [0.25, 0.3) is 16.6 Å². The zero-order valence-electron chi connectivity index (χ0n) is 18.5. The zero-order valence-corrected chi connectivity index (χ0v) is 20.0. The molecule has 0 radical (unpaired) electrons. The molecule has 0 saturated carbocycles. The van der Waals surface area contributed by atoms with E-state index in [-0.39, 0.29) is 34.4 Å². The van der Waals surface area contributed by atoms with Gasteiger partial charge in [0, 0.05) is 34.9 Å². The number of aliphatic hydroxyl groups is 1. The summed E-state index contributed by atoms with van der Waals surface area (Å²) in [6, 6.07) is 11.7. The van der Waals surface area contributed by atoms with Crippen LogP contribution in [0.4, 0.5) is 5.69 Å². The molecule has 4 rings (SSSR count). The zero-order chi connectivity index (χ0) is 23.8. The molecule has 0 aliphatic heterocycles. The maximum absolute atomic E-state index is 13.2. The second-order valence-electron chi connectivity index (χ2n) is 8.59. The average molecular weight is 484 g/mol. The van der Waals surface area contributed by atoms with E-state index in [2.05, 4.69) is 35.7 Å². The van der Waals surface area contributed by atoms with Crippen molar-refractivity contribution in [1.82, 2.24) is 19.5 Å². The number of anilines is 1. The Bertz CT molecular complexity index is 1290. The molecular formula is C24H23Cl2N5O2. The maximum atomic E-state index is 13.2. The number of carbonyl (C=O) groups is 1. The van der Waals surface area contributed by atoms with Gasteiger partial charge in [-0.1, -0.05) is 44.0 Å². The highest BCUT2D eigenvalue weighted by molar-refractivity contribution is 6.39. The third-order valence-corrected chi connectivity index (χ3v) is 5.89. The maximum Gasteiger partial charge on any atom is 0.264 e. The molecule has 0 saturated heterocycles. The molecule has 1 amide bonds. The van der Waals surface area contributed by atoms with Gasteiger partial charge in [-0.3, -0.25) is 9.78 Å². The predicted octanol–water partition coefficient (Wildman–Crippen LogP) is 5.06. The smallest absolute Gasteiger partial charge is 0.264 e. The molecule has 9 heteroatoms. The van der Waals surface area contributed by atoms with Gasteiger partial charge < -0.3 is 14.6 Å². The molecule has 0 aliphatic rings. The molecule has 7 nitrogen and oxygen atoms in total. The number of benzene rings is 1. The van der Waals surface area contributed by atoms with Crippen molar-refractivity contribution >= 4 is 45.7 Å². The summed E-state index contributed by atoms with van der Waals surface area (Å²) in [7, 11) is 0. The molecule has 0 fully saturated rings. The number of aromatic nitrogens is 4. The quantitative estimate of drug-likeness (QED) is 0.401. The Morgan fingerprint density at radius 1 is 1.06 bits per heavy atom. The molecule has 3 aromatic heterocycles. The van der Waals surface area contributed by atoms with Crippen LogP contribution in [-0.2, 0) is 5.41 Å². The van der Waals surface area contributed by atoms with Crippen LogP contribution in [0, 0.1) is 0 Å². The number of aliphatic hydroxyl groups excluding tert-OH is 1. The number of carbonyl (C=O) groups excluding carboxylic acids is 1. The van der Waals surface area contributed by atoms with Crippen molar-refractivity contribution in [3.63, 3.8) is 0 Å². The highest BCUT2D eigenvalue weighted by atomic mass is 35.5. The van der Waals surface area contributed by atoms with Crippen molar-refractivity contribution in [3.8, 4) is 5.69 Å². The van der Waals surface area contributed by atoms with Crippen LogP contribution in [0.1, 0.15) is 36.8 Å². The molecule has 33 heavy (non-hydrogen) atoms. The lowest BCUT2D eigenvalue weighted by molar-refractivity contribution is 0.0980. The minimum absolute atomic E-state index is 0.00281. The molecule has 170 valence electrons. The van der Waals surface area contributed by atoms with E-state index in [0.29, 0.717) is 5.69 Å².